The Balaban J connectivity index is 2.05. The van der Waals surface area contributed by atoms with Crippen molar-refractivity contribution in [2.75, 3.05) is 0 Å². The van der Waals surface area contributed by atoms with Gasteiger partial charge in [-0.2, -0.15) is 0 Å². The number of furan rings is 1. The summed E-state index contributed by atoms with van der Waals surface area (Å²) in [5.74, 6) is 0. The van der Waals surface area contributed by atoms with E-state index in [9.17, 15) is 0 Å². The van der Waals surface area contributed by atoms with Gasteiger partial charge >= 0.3 is 0 Å². The third kappa shape index (κ3) is 3.77. The summed E-state index contributed by atoms with van der Waals surface area (Å²) in [7, 11) is 0. The van der Waals surface area contributed by atoms with Crippen LogP contribution in [0.15, 0.2) is 40.8 Å². The Hall–Kier alpha value is -1.76. The van der Waals surface area contributed by atoms with E-state index in [-0.39, 0.29) is 0 Å². The van der Waals surface area contributed by atoms with E-state index in [1.807, 2.05) is 0 Å². The average Bonchev–Trinajstić information content (AvgIpc) is 2.72. The average molecular weight is 308 g/mol. The summed E-state index contributed by atoms with van der Waals surface area (Å²) in [4.78, 5) is 0. The fraction of sp³-hybridized carbons (Fsp3) is 0.455. The third-order valence-electron chi connectivity index (χ3n) is 4.07. The molecule has 0 bridgehead atoms. The molecule has 0 fully saturated rings. The molecule has 0 saturated carbocycles. The maximum atomic E-state index is 6.09. The van der Waals surface area contributed by atoms with Crippen LogP contribution in [0, 0.1) is 10.8 Å². The van der Waals surface area contributed by atoms with Crippen molar-refractivity contribution < 1.29 is 4.42 Å². The molecule has 0 aliphatic rings. The first kappa shape index (κ1) is 16.1. The lowest BCUT2D eigenvalue weighted by Crippen LogP contribution is -2.08. The minimum absolute atomic E-state index is 0.291. The van der Waals surface area contributed by atoms with Crippen LogP contribution < -0.4 is 0 Å². The van der Waals surface area contributed by atoms with E-state index >= 15 is 0 Å². The predicted octanol–water partition coefficient (Wildman–Crippen LogP) is 6.76. The molecule has 1 nitrogen and oxygen atoms in total. The molecule has 0 amide bonds. The van der Waals surface area contributed by atoms with Gasteiger partial charge in [-0.15, -0.1) is 0 Å². The summed E-state index contributed by atoms with van der Waals surface area (Å²) < 4.78 is 6.09. The highest BCUT2D eigenvalue weighted by molar-refractivity contribution is 6.05. The molecule has 1 heteroatoms. The monoisotopic (exact) mass is 308 g/mol. The fourth-order valence-electron chi connectivity index (χ4n) is 3.31. The van der Waals surface area contributed by atoms with Crippen LogP contribution in [0.4, 0.5) is 0 Å². The Morgan fingerprint density at radius 1 is 0.652 bits per heavy atom. The van der Waals surface area contributed by atoms with Crippen LogP contribution >= 0.6 is 0 Å². The quantitative estimate of drug-likeness (QED) is 0.509. The Morgan fingerprint density at radius 3 is 1.83 bits per heavy atom. The van der Waals surface area contributed by atoms with Crippen LogP contribution in [-0.2, 0) is 12.8 Å². The van der Waals surface area contributed by atoms with Crippen molar-refractivity contribution in [1.29, 1.82) is 0 Å². The molecule has 0 unspecified atom stereocenters. The maximum Gasteiger partial charge on any atom is 0.135 e. The van der Waals surface area contributed by atoms with E-state index in [1.54, 1.807) is 0 Å². The lowest BCUT2D eigenvalue weighted by molar-refractivity contribution is 0.411. The van der Waals surface area contributed by atoms with Crippen LogP contribution in [0.1, 0.15) is 52.7 Å². The molecule has 0 spiro atoms. The Labute approximate surface area is 139 Å². The van der Waals surface area contributed by atoms with E-state index in [0.29, 0.717) is 10.8 Å². The van der Waals surface area contributed by atoms with Crippen molar-refractivity contribution in [3.63, 3.8) is 0 Å². The number of fused-ring (bicyclic) bond motifs is 3. The van der Waals surface area contributed by atoms with Gasteiger partial charge in [0.05, 0.1) is 0 Å². The van der Waals surface area contributed by atoms with Crippen LogP contribution in [0.25, 0.3) is 21.9 Å². The molecule has 0 N–H and O–H groups in total. The summed E-state index contributed by atoms with van der Waals surface area (Å²) in [6, 6.07) is 13.3. The van der Waals surface area contributed by atoms with E-state index in [0.717, 1.165) is 24.0 Å². The summed E-state index contributed by atoms with van der Waals surface area (Å²) in [5, 5.41) is 2.47. The molecule has 3 rings (SSSR count). The first-order valence-corrected chi connectivity index (χ1v) is 8.55. The molecule has 2 aromatic carbocycles. The van der Waals surface area contributed by atoms with E-state index < -0.39 is 0 Å². The first-order chi connectivity index (χ1) is 10.6. The van der Waals surface area contributed by atoms with Gasteiger partial charge in [-0.25, -0.2) is 0 Å². The zero-order valence-electron chi connectivity index (χ0n) is 15.3. The highest BCUT2D eigenvalue weighted by atomic mass is 16.3. The smallest absolute Gasteiger partial charge is 0.135 e. The Bertz CT molecular complexity index is 838. The second-order valence-corrected chi connectivity index (χ2v) is 9.24. The van der Waals surface area contributed by atoms with Crippen molar-refractivity contribution >= 4 is 21.9 Å². The normalized spacial score (nSPS) is 13.1. The molecule has 122 valence electrons. The van der Waals surface area contributed by atoms with Gasteiger partial charge in [-0.05, 0) is 53.0 Å². The van der Waals surface area contributed by atoms with Gasteiger partial charge in [0.15, 0.2) is 0 Å². The van der Waals surface area contributed by atoms with Crippen LogP contribution in [-0.4, -0.2) is 0 Å². The van der Waals surface area contributed by atoms with E-state index in [2.05, 4.69) is 77.9 Å². The second-order valence-electron chi connectivity index (χ2n) is 9.24. The topological polar surface area (TPSA) is 13.1 Å². The Morgan fingerprint density at radius 2 is 1.22 bits per heavy atom. The summed E-state index contributed by atoms with van der Waals surface area (Å²) in [6.07, 6.45) is 2.15. The number of benzene rings is 2. The van der Waals surface area contributed by atoms with Gasteiger partial charge in [0.1, 0.15) is 11.2 Å². The first-order valence-electron chi connectivity index (χ1n) is 8.55. The Kier molecular flexibility index (Phi) is 3.78. The van der Waals surface area contributed by atoms with Crippen molar-refractivity contribution in [2.45, 2.75) is 54.4 Å². The number of hydrogen-bond donors (Lipinski definition) is 0. The summed E-state index contributed by atoms with van der Waals surface area (Å²) in [6.45, 7) is 13.7. The molecule has 1 aromatic heterocycles. The van der Waals surface area contributed by atoms with Crippen LogP contribution in [0.3, 0.4) is 0 Å². The zero-order valence-corrected chi connectivity index (χ0v) is 15.3. The van der Waals surface area contributed by atoms with Gasteiger partial charge in [0.2, 0.25) is 0 Å². The molecule has 1 heterocycles. The van der Waals surface area contributed by atoms with Gasteiger partial charge in [0, 0.05) is 10.8 Å². The minimum Gasteiger partial charge on any atom is -0.456 e. The second kappa shape index (κ2) is 5.40. The fourth-order valence-corrected chi connectivity index (χ4v) is 3.31. The largest absolute Gasteiger partial charge is 0.456 e. The summed E-state index contributed by atoms with van der Waals surface area (Å²) >= 11 is 0. The highest BCUT2D eigenvalue weighted by Crippen LogP contribution is 2.33. The molecular weight excluding hydrogens is 280 g/mol. The van der Waals surface area contributed by atoms with Crippen LogP contribution in [0.5, 0.6) is 0 Å². The lowest BCUT2D eigenvalue weighted by Gasteiger charge is -2.18. The highest BCUT2D eigenvalue weighted by Gasteiger charge is 2.15. The van der Waals surface area contributed by atoms with Crippen molar-refractivity contribution in [1.82, 2.24) is 0 Å². The number of rotatable bonds is 2. The van der Waals surface area contributed by atoms with E-state index in [4.69, 9.17) is 4.42 Å². The van der Waals surface area contributed by atoms with Gasteiger partial charge in [0.25, 0.3) is 0 Å². The molecule has 3 aromatic rings. The van der Waals surface area contributed by atoms with Crippen molar-refractivity contribution in [3.05, 3.63) is 47.5 Å². The third-order valence-corrected chi connectivity index (χ3v) is 4.07. The van der Waals surface area contributed by atoms with Crippen LogP contribution in [0.2, 0.25) is 0 Å². The lowest BCUT2D eigenvalue weighted by atomic mass is 9.87. The molecular formula is C22H28O. The molecule has 0 atom stereocenters. The minimum atomic E-state index is 0.291. The standard InChI is InChI=1S/C22H28O/c1-21(2,3)13-15-8-10-19-18(11-15)17-9-7-16(12-20(17)23-19)14-22(4,5)6/h7-12H,13-14H2,1-6H3. The van der Waals surface area contributed by atoms with Gasteiger partial charge in [-0.1, -0.05) is 59.7 Å². The van der Waals surface area contributed by atoms with E-state index in [1.165, 1.54) is 21.9 Å². The van der Waals surface area contributed by atoms with Gasteiger partial charge in [-0.3, -0.25) is 0 Å². The van der Waals surface area contributed by atoms with Gasteiger partial charge < -0.3 is 4.42 Å². The molecule has 0 aliphatic carbocycles. The molecule has 0 saturated heterocycles. The maximum absolute atomic E-state index is 6.09. The molecule has 0 aliphatic heterocycles. The zero-order chi connectivity index (χ0) is 16.8. The van der Waals surface area contributed by atoms with Crippen molar-refractivity contribution in [3.8, 4) is 0 Å². The molecule has 23 heavy (non-hydrogen) atoms. The SMILES string of the molecule is CC(C)(C)Cc1ccc2c(c1)oc1ccc(CC(C)(C)C)cc12. The summed E-state index contributed by atoms with van der Waals surface area (Å²) in [5.41, 5.74) is 5.32. The van der Waals surface area contributed by atoms with Crippen molar-refractivity contribution in [2.24, 2.45) is 10.8 Å². The number of hydrogen-bond acceptors (Lipinski definition) is 1. The molecule has 0 radical (unpaired) electrons. The predicted molar refractivity (Wildman–Crippen MR) is 100 cm³/mol.